The number of rotatable bonds is 11. The smallest absolute Gasteiger partial charge is 0.0701 e. The van der Waals surface area contributed by atoms with Crippen molar-refractivity contribution in [1.29, 1.82) is 0 Å². The molecule has 6 heteroatoms. The summed E-state index contributed by atoms with van der Waals surface area (Å²) in [5.41, 5.74) is 0. The molecule has 2 N–H and O–H groups in total. The van der Waals surface area contributed by atoms with Gasteiger partial charge in [0.2, 0.25) is 0 Å². The fourth-order valence-electron chi connectivity index (χ4n) is 0.738. The monoisotopic (exact) mass is 254 g/mol. The molecule has 0 aliphatic rings. The maximum atomic E-state index is 8.32. The number of aliphatic hydroxyl groups is 2. The Kier molecular flexibility index (Phi) is 23.7. The van der Waals surface area contributed by atoms with Crippen molar-refractivity contribution >= 4 is 0 Å². The summed E-state index contributed by atoms with van der Waals surface area (Å²) in [7, 11) is 1.63. The van der Waals surface area contributed by atoms with Gasteiger partial charge in [-0.25, -0.2) is 0 Å². The summed E-state index contributed by atoms with van der Waals surface area (Å²) in [6.45, 7) is 5.94. The van der Waals surface area contributed by atoms with E-state index in [0.29, 0.717) is 46.2 Å². The Balaban J connectivity index is 0. The van der Waals surface area contributed by atoms with Gasteiger partial charge in [0, 0.05) is 13.7 Å². The number of aliphatic hydroxyl groups excluding tert-OH is 2. The molecule has 106 valence electrons. The molecular weight excluding hydrogens is 228 g/mol. The summed E-state index contributed by atoms with van der Waals surface area (Å²) in [5.74, 6) is 0. The fourth-order valence-corrected chi connectivity index (χ4v) is 0.738. The maximum Gasteiger partial charge on any atom is 0.0701 e. The van der Waals surface area contributed by atoms with Crippen LogP contribution in [0.3, 0.4) is 0 Å². The first kappa shape index (κ1) is 19.1. The molecule has 0 aromatic rings. The molecule has 0 aromatic carbocycles. The van der Waals surface area contributed by atoms with Crippen LogP contribution in [0.5, 0.6) is 0 Å². The normalized spacial score (nSPS) is 9.88. The molecule has 0 rings (SSSR count). The highest BCUT2D eigenvalue weighted by atomic mass is 16.5. The molecule has 0 heterocycles. The van der Waals surface area contributed by atoms with Gasteiger partial charge < -0.3 is 29.2 Å². The Morgan fingerprint density at radius 1 is 0.706 bits per heavy atom. The zero-order valence-corrected chi connectivity index (χ0v) is 10.9. The number of methoxy groups -OCH3 is 1. The molecule has 0 saturated carbocycles. The summed E-state index contributed by atoms with van der Waals surface area (Å²) in [5, 5.41) is 16.4. The van der Waals surface area contributed by atoms with Crippen LogP contribution in [0.25, 0.3) is 0 Å². The van der Waals surface area contributed by atoms with Gasteiger partial charge in [-0.05, 0) is 6.92 Å². The number of ether oxygens (including phenoxy) is 4. The lowest BCUT2D eigenvalue weighted by molar-refractivity contribution is 0.0159. The van der Waals surface area contributed by atoms with E-state index >= 15 is 0 Å². The average Bonchev–Trinajstić information content (AvgIpc) is 2.36. The van der Waals surface area contributed by atoms with Crippen molar-refractivity contribution in [2.45, 2.75) is 6.92 Å². The van der Waals surface area contributed by atoms with E-state index in [4.69, 9.17) is 29.2 Å². The predicted octanol–water partition coefficient (Wildman–Crippen LogP) is -0.326. The first-order valence-electron chi connectivity index (χ1n) is 5.77. The first-order valence-corrected chi connectivity index (χ1v) is 5.77. The van der Waals surface area contributed by atoms with Crippen LogP contribution in [0, 0.1) is 0 Å². The van der Waals surface area contributed by atoms with Gasteiger partial charge in [0.1, 0.15) is 0 Å². The van der Waals surface area contributed by atoms with Gasteiger partial charge in [-0.3, -0.25) is 0 Å². The summed E-state index contributed by atoms with van der Waals surface area (Å²) in [6.07, 6.45) is 0. The lowest BCUT2D eigenvalue weighted by Crippen LogP contribution is -2.09. The zero-order chi connectivity index (χ0) is 13.2. The third-order valence-corrected chi connectivity index (χ3v) is 1.48. The standard InChI is InChI=1S/C7H16O4.C4H10O2/c1-9-4-5-11-7-6-10-3-2-8;1-2-6-4-3-5/h8H,2-7H2,1H3;5H,2-4H2,1H3. The Hall–Kier alpha value is -0.240. The molecule has 0 atom stereocenters. The van der Waals surface area contributed by atoms with Crippen molar-refractivity contribution in [2.24, 2.45) is 0 Å². The largest absolute Gasteiger partial charge is 0.394 e. The van der Waals surface area contributed by atoms with Gasteiger partial charge in [0.05, 0.1) is 52.9 Å². The van der Waals surface area contributed by atoms with Crippen LogP contribution in [0.1, 0.15) is 6.92 Å². The summed E-state index contributed by atoms with van der Waals surface area (Å²) < 4.78 is 19.5. The molecule has 0 radical (unpaired) electrons. The van der Waals surface area contributed by atoms with Gasteiger partial charge in [-0.2, -0.15) is 0 Å². The minimum Gasteiger partial charge on any atom is -0.394 e. The van der Waals surface area contributed by atoms with Crippen LogP contribution in [0.4, 0.5) is 0 Å². The number of hydrogen-bond acceptors (Lipinski definition) is 6. The van der Waals surface area contributed by atoms with Crippen LogP contribution >= 0.6 is 0 Å². The lowest BCUT2D eigenvalue weighted by Gasteiger charge is -2.03. The minimum atomic E-state index is 0.0675. The maximum absolute atomic E-state index is 8.32. The molecule has 17 heavy (non-hydrogen) atoms. The van der Waals surface area contributed by atoms with Gasteiger partial charge >= 0.3 is 0 Å². The second-order valence-electron chi connectivity index (χ2n) is 2.86. The third kappa shape index (κ3) is 25.8. The lowest BCUT2D eigenvalue weighted by atomic mass is 10.7. The van der Waals surface area contributed by atoms with E-state index in [2.05, 4.69) is 0 Å². The van der Waals surface area contributed by atoms with Crippen molar-refractivity contribution in [3.05, 3.63) is 0 Å². The van der Waals surface area contributed by atoms with Crippen LogP contribution in [0.15, 0.2) is 0 Å². The summed E-state index contributed by atoms with van der Waals surface area (Å²) in [6, 6.07) is 0. The summed E-state index contributed by atoms with van der Waals surface area (Å²) in [4.78, 5) is 0. The van der Waals surface area contributed by atoms with E-state index in [1.807, 2.05) is 6.92 Å². The predicted molar refractivity (Wildman–Crippen MR) is 64.2 cm³/mol. The van der Waals surface area contributed by atoms with Crippen molar-refractivity contribution in [1.82, 2.24) is 0 Å². The van der Waals surface area contributed by atoms with Gasteiger partial charge in [0.15, 0.2) is 0 Å². The Morgan fingerprint density at radius 3 is 1.59 bits per heavy atom. The second kappa shape index (κ2) is 21.1. The number of hydrogen-bond donors (Lipinski definition) is 2. The molecule has 0 saturated heterocycles. The highest BCUT2D eigenvalue weighted by Crippen LogP contribution is 1.78. The van der Waals surface area contributed by atoms with E-state index in [9.17, 15) is 0 Å². The van der Waals surface area contributed by atoms with Crippen molar-refractivity contribution in [3.8, 4) is 0 Å². The van der Waals surface area contributed by atoms with E-state index in [0.717, 1.165) is 0 Å². The van der Waals surface area contributed by atoms with Crippen molar-refractivity contribution < 1.29 is 29.2 Å². The molecule has 6 nitrogen and oxygen atoms in total. The first-order chi connectivity index (χ1) is 8.33. The fraction of sp³-hybridized carbons (Fsp3) is 1.00. The molecule has 0 fully saturated rings. The molecule has 0 unspecified atom stereocenters. The Bertz CT molecular complexity index is 100. The SMILES string of the molecule is CCOCCO.COCCOCCOCCO. The topological polar surface area (TPSA) is 77.4 Å². The second-order valence-corrected chi connectivity index (χ2v) is 2.86. The molecule has 0 spiro atoms. The van der Waals surface area contributed by atoms with Crippen molar-refractivity contribution in [2.75, 3.05) is 66.6 Å². The van der Waals surface area contributed by atoms with Crippen LogP contribution in [0.2, 0.25) is 0 Å². The van der Waals surface area contributed by atoms with Gasteiger partial charge in [-0.1, -0.05) is 0 Å². The van der Waals surface area contributed by atoms with Gasteiger partial charge in [-0.15, -0.1) is 0 Å². The van der Waals surface area contributed by atoms with E-state index < -0.39 is 0 Å². The van der Waals surface area contributed by atoms with Crippen LogP contribution in [-0.4, -0.2) is 76.8 Å². The molecule has 0 bridgehead atoms. The molecule has 0 aliphatic carbocycles. The third-order valence-electron chi connectivity index (χ3n) is 1.48. The zero-order valence-electron chi connectivity index (χ0n) is 10.9. The highest BCUT2D eigenvalue weighted by molar-refractivity contribution is 4.31. The van der Waals surface area contributed by atoms with Crippen LogP contribution < -0.4 is 0 Å². The molecule has 0 aliphatic heterocycles. The van der Waals surface area contributed by atoms with Crippen LogP contribution in [-0.2, 0) is 18.9 Å². The van der Waals surface area contributed by atoms with Gasteiger partial charge in [0.25, 0.3) is 0 Å². The van der Waals surface area contributed by atoms with E-state index in [1.165, 1.54) is 0 Å². The Morgan fingerprint density at radius 2 is 1.18 bits per heavy atom. The van der Waals surface area contributed by atoms with Crippen molar-refractivity contribution in [3.63, 3.8) is 0 Å². The molecule has 0 amide bonds. The summed E-state index contributed by atoms with van der Waals surface area (Å²) >= 11 is 0. The molecular formula is C11H26O6. The minimum absolute atomic E-state index is 0.0675. The average molecular weight is 254 g/mol. The highest BCUT2D eigenvalue weighted by Gasteiger charge is 1.87. The quantitative estimate of drug-likeness (QED) is 0.492. The molecule has 0 aromatic heterocycles. The Labute approximate surface area is 103 Å². The van der Waals surface area contributed by atoms with E-state index in [1.54, 1.807) is 7.11 Å². The van der Waals surface area contributed by atoms with E-state index in [-0.39, 0.29) is 13.2 Å².